The van der Waals surface area contributed by atoms with E-state index in [1.54, 1.807) is 31.2 Å². The number of likely N-dealkylation sites (N-methyl/N-ethyl adjacent to an activating group) is 1. The molecule has 1 saturated heterocycles. The lowest BCUT2D eigenvalue weighted by Gasteiger charge is -2.35. The lowest BCUT2D eigenvalue weighted by atomic mass is 9.83. The highest BCUT2D eigenvalue weighted by molar-refractivity contribution is 7.92. The average Bonchev–Trinajstić information content (AvgIpc) is 3.59. The number of fused-ring (bicyclic) bond motifs is 2. The van der Waals surface area contributed by atoms with Crippen molar-refractivity contribution < 1.29 is 30.8 Å². The van der Waals surface area contributed by atoms with Crippen LogP contribution >= 0.6 is 0 Å². The lowest BCUT2D eigenvalue weighted by molar-refractivity contribution is 0.0964. The van der Waals surface area contributed by atoms with Gasteiger partial charge in [0.25, 0.3) is 5.91 Å². The van der Waals surface area contributed by atoms with Gasteiger partial charge >= 0.3 is 0 Å². The van der Waals surface area contributed by atoms with Gasteiger partial charge in [0.05, 0.1) is 17.0 Å². The zero-order chi connectivity index (χ0) is 30.5. The largest absolute Gasteiger partial charge is 0.455 e. The summed E-state index contributed by atoms with van der Waals surface area (Å²) in [5, 5.41) is 3.14. The number of para-hydroxylation sites is 1. The fourth-order valence-electron chi connectivity index (χ4n) is 5.81. The summed E-state index contributed by atoms with van der Waals surface area (Å²) < 4.78 is 68.5. The summed E-state index contributed by atoms with van der Waals surface area (Å²) in [7, 11) is -0.238. The van der Waals surface area contributed by atoms with Crippen molar-refractivity contribution in [1.29, 1.82) is 0 Å². The van der Waals surface area contributed by atoms with Crippen molar-refractivity contribution in [1.82, 2.24) is 15.2 Å². The molecular weight excluding hydrogens is 578 g/mol. The Morgan fingerprint density at radius 2 is 1.79 bits per heavy atom. The molecule has 1 aliphatic heterocycles. The standard InChI is InChI=1S/C31H30F2N4O5S/c1-4-43(39,40)36-24-14-26-22(27(30(38)34-2)29(41-26)17-8-10-20(32)11-9-17)13-21(24)18-12-19(16-37(3)15-18)31-35-28-23(33)6-5-7-25(28)42-31/h5-11,13-14,18-19,36H,4,12,15-16H2,1-3H3,(H,34,38). The molecule has 2 aromatic heterocycles. The number of oxazole rings is 1. The summed E-state index contributed by atoms with van der Waals surface area (Å²) in [6.07, 6.45) is 0.531. The maximum atomic E-state index is 14.4. The number of hydrogen-bond acceptors (Lipinski definition) is 7. The Bertz CT molecular complexity index is 1950. The summed E-state index contributed by atoms with van der Waals surface area (Å²) >= 11 is 0. The SMILES string of the molecule is CCS(=O)(=O)Nc1cc2oc(-c3ccc(F)cc3)c(C(=O)NC)c2cc1C1CC(c2nc3c(F)cccc3o2)CN(C)C1. The number of nitrogens with zero attached hydrogens (tertiary/aromatic N) is 2. The van der Waals surface area contributed by atoms with Crippen molar-refractivity contribution in [3.8, 4) is 11.3 Å². The van der Waals surface area contributed by atoms with Gasteiger partial charge in [-0.1, -0.05) is 6.07 Å². The first-order valence-corrected chi connectivity index (χ1v) is 15.5. The van der Waals surface area contributed by atoms with Crippen molar-refractivity contribution in [2.24, 2.45) is 0 Å². The maximum Gasteiger partial charge on any atom is 0.255 e. The number of nitrogens with one attached hydrogen (secondary N) is 2. The van der Waals surface area contributed by atoms with Crippen LogP contribution in [0.25, 0.3) is 33.4 Å². The number of sulfonamides is 1. The van der Waals surface area contributed by atoms with Gasteiger partial charge < -0.3 is 19.1 Å². The predicted molar refractivity (Wildman–Crippen MR) is 160 cm³/mol. The van der Waals surface area contributed by atoms with Crippen molar-refractivity contribution in [3.63, 3.8) is 0 Å². The van der Waals surface area contributed by atoms with E-state index in [-0.39, 0.29) is 34.4 Å². The second-order valence-corrected chi connectivity index (χ2v) is 12.8. The van der Waals surface area contributed by atoms with Crippen LogP contribution in [0.5, 0.6) is 0 Å². The number of piperidine rings is 1. The predicted octanol–water partition coefficient (Wildman–Crippen LogP) is 5.84. The quantitative estimate of drug-likeness (QED) is 0.238. The van der Waals surface area contributed by atoms with Crippen LogP contribution in [0.2, 0.25) is 0 Å². The topological polar surface area (TPSA) is 118 Å². The molecule has 2 unspecified atom stereocenters. The van der Waals surface area contributed by atoms with Gasteiger partial charge in [-0.3, -0.25) is 9.52 Å². The van der Waals surface area contributed by atoms with Crippen molar-refractivity contribution in [2.75, 3.05) is 37.7 Å². The van der Waals surface area contributed by atoms with Gasteiger partial charge in [-0.2, -0.15) is 0 Å². The molecule has 0 saturated carbocycles. The third-order valence-corrected chi connectivity index (χ3v) is 9.17. The molecule has 6 rings (SSSR count). The molecule has 1 aliphatic rings. The molecule has 0 spiro atoms. The molecule has 1 amide bonds. The first-order valence-electron chi connectivity index (χ1n) is 13.9. The Balaban J connectivity index is 1.50. The van der Waals surface area contributed by atoms with E-state index in [2.05, 4.69) is 19.9 Å². The van der Waals surface area contributed by atoms with Gasteiger partial charge in [0, 0.05) is 43.1 Å². The smallest absolute Gasteiger partial charge is 0.255 e. The molecule has 3 aromatic carbocycles. The van der Waals surface area contributed by atoms with Crippen LogP contribution in [0, 0.1) is 11.6 Å². The molecule has 12 heteroatoms. The Morgan fingerprint density at radius 1 is 1.05 bits per heavy atom. The molecule has 3 heterocycles. The van der Waals surface area contributed by atoms with Crippen LogP contribution in [-0.4, -0.2) is 57.1 Å². The van der Waals surface area contributed by atoms with Gasteiger partial charge in [0.1, 0.15) is 22.7 Å². The zero-order valence-corrected chi connectivity index (χ0v) is 24.6. The highest BCUT2D eigenvalue weighted by atomic mass is 32.2. The maximum absolute atomic E-state index is 14.4. The van der Waals surface area contributed by atoms with Crippen LogP contribution in [0.3, 0.4) is 0 Å². The second kappa shape index (κ2) is 11.1. The van der Waals surface area contributed by atoms with Crippen LogP contribution in [-0.2, 0) is 10.0 Å². The van der Waals surface area contributed by atoms with E-state index in [4.69, 9.17) is 8.83 Å². The molecule has 2 atom stereocenters. The number of rotatable bonds is 7. The van der Waals surface area contributed by atoms with Crippen molar-refractivity contribution in [2.45, 2.75) is 25.2 Å². The normalized spacial score (nSPS) is 17.9. The lowest BCUT2D eigenvalue weighted by Crippen LogP contribution is -2.36. The summed E-state index contributed by atoms with van der Waals surface area (Å²) in [4.78, 5) is 19.7. The van der Waals surface area contributed by atoms with E-state index >= 15 is 0 Å². The Labute approximate surface area is 246 Å². The number of carbonyl (C=O) groups is 1. The van der Waals surface area contributed by atoms with Crippen molar-refractivity contribution in [3.05, 3.63) is 83.2 Å². The minimum absolute atomic E-state index is 0.144. The molecule has 224 valence electrons. The molecule has 0 radical (unpaired) electrons. The summed E-state index contributed by atoms with van der Waals surface area (Å²) in [5.41, 5.74) is 2.58. The van der Waals surface area contributed by atoms with Gasteiger partial charge in [-0.25, -0.2) is 22.2 Å². The van der Waals surface area contributed by atoms with Crippen molar-refractivity contribution >= 4 is 43.7 Å². The molecule has 43 heavy (non-hydrogen) atoms. The number of halogens is 2. The number of carbonyl (C=O) groups excluding carboxylic acids is 1. The van der Waals surface area contributed by atoms with Gasteiger partial charge in [0.2, 0.25) is 10.0 Å². The van der Waals surface area contributed by atoms with E-state index in [0.717, 1.165) is 0 Å². The fourth-order valence-corrected chi connectivity index (χ4v) is 6.47. The van der Waals surface area contributed by atoms with E-state index in [0.29, 0.717) is 58.8 Å². The van der Waals surface area contributed by atoms with Crippen LogP contribution < -0.4 is 10.0 Å². The molecule has 0 bridgehead atoms. The number of anilines is 1. The number of likely N-dealkylation sites (tertiary alicyclic amines) is 1. The Morgan fingerprint density at radius 3 is 2.49 bits per heavy atom. The number of furan rings is 1. The van der Waals surface area contributed by atoms with Crippen LogP contribution in [0.15, 0.2) is 63.4 Å². The fraction of sp³-hybridized carbons (Fsp3) is 0.290. The third kappa shape index (κ3) is 5.48. The number of aromatic nitrogens is 1. The summed E-state index contributed by atoms with van der Waals surface area (Å²) in [6, 6.07) is 13.5. The van der Waals surface area contributed by atoms with E-state index in [1.165, 1.54) is 37.4 Å². The van der Waals surface area contributed by atoms with Gasteiger partial charge in [0.15, 0.2) is 17.3 Å². The molecule has 0 aliphatic carbocycles. The first-order chi connectivity index (χ1) is 20.6. The van der Waals surface area contributed by atoms with E-state index < -0.39 is 27.6 Å². The summed E-state index contributed by atoms with van der Waals surface area (Å²) in [5.74, 6) is -1.23. The molecule has 5 aromatic rings. The van der Waals surface area contributed by atoms with Crippen LogP contribution in [0.1, 0.15) is 47.0 Å². The zero-order valence-electron chi connectivity index (χ0n) is 23.8. The molecular formula is C31H30F2N4O5S. The van der Waals surface area contributed by atoms with Gasteiger partial charge in [-0.15, -0.1) is 0 Å². The summed E-state index contributed by atoms with van der Waals surface area (Å²) in [6.45, 7) is 2.73. The highest BCUT2D eigenvalue weighted by Gasteiger charge is 2.34. The average molecular weight is 609 g/mol. The van der Waals surface area contributed by atoms with Crippen LogP contribution in [0.4, 0.5) is 14.5 Å². The highest BCUT2D eigenvalue weighted by Crippen LogP contribution is 2.43. The minimum Gasteiger partial charge on any atom is -0.455 e. The monoisotopic (exact) mass is 608 g/mol. The Kier molecular flexibility index (Phi) is 7.43. The van der Waals surface area contributed by atoms with Gasteiger partial charge in [-0.05, 0) is 74.3 Å². The minimum atomic E-state index is -3.68. The third-order valence-electron chi connectivity index (χ3n) is 7.87. The molecule has 1 fully saturated rings. The molecule has 2 N–H and O–H groups in total. The number of amides is 1. The van der Waals surface area contributed by atoms with E-state index in [1.807, 2.05) is 7.05 Å². The van der Waals surface area contributed by atoms with E-state index in [9.17, 15) is 22.0 Å². The second-order valence-electron chi connectivity index (χ2n) is 10.8. The Hall–Kier alpha value is -4.29. The number of hydrogen-bond donors (Lipinski definition) is 2. The number of benzene rings is 3. The molecule has 9 nitrogen and oxygen atoms in total. The first kappa shape index (κ1) is 28.8.